The molecule has 1 rings (SSSR count). The minimum absolute atomic E-state index is 0.0224. The second-order valence-electron chi connectivity index (χ2n) is 3.03. The van der Waals surface area contributed by atoms with E-state index in [1.807, 2.05) is 24.3 Å². The molecule has 0 aromatic heterocycles. The van der Waals surface area contributed by atoms with Crippen LogP contribution in [0.4, 0.5) is 0 Å². The van der Waals surface area contributed by atoms with Gasteiger partial charge in [0, 0.05) is 17.7 Å². The predicted molar refractivity (Wildman–Crippen MR) is 54.7 cm³/mol. The molecule has 0 fully saturated rings. The van der Waals surface area contributed by atoms with Crippen molar-refractivity contribution in [3.63, 3.8) is 0 Å². The SMILES string of the molecule is N[C@H](CCCO)c1cccc(Cl)c1. The van der Waals surface area contributed by atoms with Crippen molar-refractivity contribution >= 4 is 11.6 Å². The fourth-order valence-corrected chi connectivity index (χ4v) is 1.41. The summed E-state index contributed by atoms with van der Waals surface area (Å²) in [7, 11) is 0. The molecule has 0 spiro atoms. The molecule has 13 heavy (non-hydrogen) atoms. The van der Waals surface area contributed by atoms with Crippen LogP contribution in [0, 0.1) is 0 Å². The first-order valence-electron chi connectivity index (χ1n) is 4.36. The van der Waals surface area contributed by atoms with Gasteiger partial charge in [-0.2, -0.15) is 0 Å². The summed E-state index contributed by atoms with van der Waals surface area (Å²) in [5.41, 5.74) is 6.91. The fourth-order valence-electron chi connectivity index (χ4n) is 1.22. The van der Waals surface area contributed by atoms with Crippen LogP contribution in [-0.2, 0) is 0 Å². The Hall–Kier alpha value is -0.570. The normalized spacial score (nSPS) is 12.8. The van der Waals surface area contributed by atoms with E-state index >= 15 is 0 Å². The lowest BCUT2D eigenvalue weighted by Crippen LogP contribution is -2.10. The third-order valence-corrected chi connectivity index (χ3v) is 2.19. The number of rotatable bonds is 4. The van der Waals surface area contributed by atoms with Crippen molar-refractivity contribution in [2.75, 3.05) is 6.61 Å². The number of nitrogens with two attached hydrogens (primary N) is 1. The number of hydrogen-bond donors (Lipinski definition) is 2. The van der Waals surface area contributed by atoms with Gasteiger partial charge >= 0.3 is 0 Å². The Balaban J connectivity index is 2.60. The van der Waals surface area contributed by atoms with Crippen LogP contribution in [0.3, 0.4) is 0 Å². The highest BCUT2D eigenvalue weighted by Gasteiger charge is 2.04. The first kappa shape index (κ1) is 10.5. The highest BCUT2D eigenvalue weighted by Crippen LogP contribution is 2.19. The predicted octanol–water partition coefficient (Wildman–Crippen LogP) is 2.11. The zero-order valence-electron chi connectivity index (χ0n) is 7.41. The molecule has 1 atom stereocenters. The zero-order chi connectivity index (χ0) is 9.68. The highest BCUT2D eigenvalue weighted by molar-refractivity contribution is 6.30. The van der Waals surface area contributed by atoms with Crippen LogP contribution in [0.1, 0.15) is 24.4 Å². The molecule has 72 valence electrons. The first-order valence-corrected chi connectivity index (χ1v) is 4.73. The number of hydrogen-bond acceptors (Lipinski definition) is 2. The smallest absolute Gasteiger partial charge is 0.0431 e. The van der Waals surface area contributed by atoms with Crippen molar-refractivity contribution in [2.24, 2.45) is 5.73 Å². The van der Waals surface area contributed by atoms with E-state index in [0.29, 0.717) is 5.02 Å². The molecular formula is C10H14ClNO. The average Bonchev–Trinajstić information content (AvgIpc) is 2.14. The van der Waals surface area contributed by atoms with E-state index in [-0.39, 0.29) is 12.6 Å². The van der Waals surface area contributed by atoms with Crippen molar-refractivity contribution < 1.29 is 5.11 Å². The summed E-state index contributed by atoms with van der Waals surface area (Å²) in [4.78, 5) is 0. The van der Waals surface area contributed by atoms with Gasteiger partial charge in [-0.05, 0) is 30.5 Å². The fraction of sp³-hybridized carbons (Fsp3) is 0.400. The molecule has 3 heteroatoms. The third-order valence-electron chi connectivity index (χ3n) is 1.95. The van der Waals surface area contributed by atoms with E-state index in [2.05, 4.69) is 0 Å². The number of aliphatic hydroxyl groups excluding tert-OH is 1. The molecule has 3 N–H and O–H groups in total. The Kier molecular flexibility index (Phi) is 4.22. The van der Waals surface area contributed by atoms with Gasteiger partial charge in [0.15, 0.2) is 0 Å². The first-order chi connectivity index (χ1) is 6.24. The molecule has 0 saturated heterocycles. The maximum Gasteiger partial charge on any atom is 0.0431 e. The minimum Gasteiger partial charge on any atom is -0.396 e. The Bertz CT molecular complexity index is 265. The van der Waals surface area contributed by atoms with Gasteiger partial charge in [-0.1, -0.05) is 23.7 Å². The molecule has 0 aliphatic rings. The van der Waals surface area contributed by atoms with Gasteiger partial charge in [-0.25, -0.2) is 0 Å². The van der Waals surface area contributed by atoms with E-state index < -0.39 is 0 Å². The molecule has 0 bridgehead atoms. The van der Waals surface area contributed by atoms with Crippen molar-refractivity contribution in [3.05, 3.63) is 34.9 Å². The van der Waals surface area contributed by atoms with Gasteiger partial charge in [0.2, 0.25) is 0 Å². The number of aliphatic hydroxyl groups is 1. The van der Waals surface area contributed by atoms with Crippen molar-refractivity contribution in [3.8, 4) is 0 Å². The second kappa shape index (κ2) is 5.22. The second-order valence-corrected chi connectivity index (χ2v) is 3.46. The summed E-state index contributed by atoms with van der Waals surface area (Å²) < 4.78 is 0. The summed E-state index contributed by atoms with van der Waals surface area (Å²) in [6.45, 7) is 0.189. The van der Waals surface area contributed by atoms with E-state index in [1.165, 1.54) is 0 Å². The number of halogens is 1. The van der Waals surface area contributed by atoms with Gasteiger partial charge in [0.1, 0.15) is 0 Å². The molecule has 0 saturated carbocycles. The molecule has 0 amide bonds. The van der Waals surface area contributed by atoms with Gasteiger partial charge < -0.3 is 10.8 Å². The summed E-state index contributed by atoms with van der Waals surface area (Å²) >= 11 is 5.82. The summed E-state index contributed by atoms with van der Waals surface area (Å²) in [5, 5.41) is 9.34. The summed E-state index contributed by atoms with van der Waals surface area (Å²) in [6.07, 6.45) is 1.52. The summed E-state index contributed by atoms with van der Waals surface area (Å²) in [5.74, 6) is 0. The molecule has 1 aromatic rings. The van der Waals surface area contributed by atoms with Crippen molar-refractivity contribution in [1.29, 1.82) is 0 Å². The molecule has 0 heterocycles. The van der Waals surface area contributed by atoms with Crippen LogP contribution < -0.4 is 5.73 Å². The van der Waals surface area contributed by atoms with Gasteiger partial charge in [0.25, 0.3) is 0 Å². The molecule has 1 aromatic carbocycles. The largest absolute Gasteiger partial charge is 0.396 e. The average molecular weight is 200 g/mol. The lowest BCUT2D eigenvalue weighted by molar-refractivity contribution is 0.280. The van der Waals surface area contributed by atoms with E-state index in [1.54, 1.807) is 0 Å². The van der Waals surface area contributed by atoms with E-state index in [4.69, 9.17) is 22.4 Å². The number of benzene rings is 1. The Labute approximate surface area is 83.3 Å². The minimum atomic E-state index is -0.0224. The van der Waals surface area contributed by atoms with Gasteiger partial charge in [-0.15, -0.1) is 0 Å². The van der Waals surface area contributed by atoms with E-state index in [9.17, 15) is 0 Å². The monoisotopic (exact) mass is 199 g/mol. The van der Waals surface area contributed by atoms with Gasteiger partial charge in [-0.3, -0.25) is 0 Å². The summed E-state index contributed by atoms with van der Waals surface area (Å²) in [6, 6.07) is 7.50. The Morgan fingerprint density at radius 1 is 1.46 bits per heavy atom. The molecule has 0 aliphatic heterocycles. The molecule has 2 nitrogen and oxygen atoms in total. The van der Waals surface area contributed by atoms with Crippen LogP contribution >= 0.6 is 11.6 Å². The quantitative estimate of drug-likeness (QED) is 0.781. The molecular weight excluding hydrogens is 186 g/mol. The van der Waals surface area contributed by atoms with Crippen molar-refractivity contribution in [2.45, 2.75) is 18.9 Å². The Morgan fingerprint density at radius 3 is 2.85 bits per heavy atom. The maximum atomic E-state index is 8.64. The maximum absolute atomic E-state index is 8.64. The zero-order valence-corrected chi connectivity index (χ0v) is 8.17. The third kappa shape index (κ3) is 3.35. The van der Waals surface area contributed by atoms with E-state index in [0.717, 1.165) is 18.4 Å². The molecule has 0 unspecified atom stereocenters. The Morgan fingerprint density at radius 2 is 2.23 bits per heavy atom. The highest BCUT2D eigenvalue weighted by atomic mass is 35.5. The standard InChI is InChI=1S/C10H14ClNO/c11-9-4-1-3-8(7-9)10(12)5-2-6-13/h1,3-4,7,10,13H,2,5-6,12H2/t10-/m1/s1. The van der Waals surface area contributed by atoms with Crippen LogP contribution in [0.25, 0.3) is 0 Å². The van der Waals surface area contributed by atoms with Crippen LogP contribution in [0.15, 0.2) is 24.3 Å². The van der Waals surface area contributed by atoms with Crippen LogP contribution in [0.2, 0.25) is 5.02 Å². The van der Waals surface area contributed by atoms with Gasteiger partial charge in [0.05, 0.1) is 0 Å². The van der Waals surface area contributed by atoms with Crippen LogP contribution in [0.5, 0.6) is 0 Å². The van der Waals surface area contributed by atoms with Crippen molar-refractivity contribution in [1.82, 2.24) is 0 Å². The lowest BCUT2D eigenvalue weighted by atomic mass is 10.0. The lowest BCUT2D eigenvalue weighted by Gasteiger charge is -2.10. The van der Waals surface area contributed by atoms with Crippen LogP contribution in [-0.4, -0.2) is 11.7 Å². The molecule has 0 aliphatic carbocycles. The topological polar surface area (TPSA) is 46.2 Å². The molecule has 0 radical (unpaired) electrons.